The molecule has 0 fully saturated rings. The molecule has 6 nitrogen and oxygen atoms in total. The number of rotatable bonds is 7. The van der Waals surface area contributed by atoms with Crippen LogP contribution in [0.1, 0.15) is 29.2 Å². The molecule has 0 aliphatic carbocycles. The quantitative estimate of drug-likeness (QED) is 0.689. The third-order valence-corrected chi connectivity index (χ3v) is 5.67. The molecule has 0 unspecified atom stereocenters. The molecule has 0 spiro atoms. The average molecular weight is 409 g/mol. The van der Waals surface area contributed by atoms with Crippen LogP contribution in [0.5, 0.6) is 0 Å². The molecule has 2 aromatic rings. The number of carbonyl (C=O) groups excluding carboxylic acids is 2. The van der Waals surface area contributed by atoms with Crippen molar-refractivity contribution in [2.45, 2.75) is 25.3 Å². The topological polar surface area (TPSA) is 64.7 Å². The van der Waals surface area contributed by atoms with Gasteiger partial charge in [0.2, 0.25) is 0 Å². The summed E-state index contributed by atoms with van der Waals surface area (Å²) in [4.78, 5) is 28.8. The Morgan fingerprint density at radius 2 is 1.80 bits per heavy atom. The van der Waals surface area contributed by atoms with Gasteiger partial charge in [-0.25, -0.2) is 0 Å². The van der Waals surface area contributed by atoms with Gasteiger partial charge in [-0.15, -0.1) is 0 Å². The van der Waals surface area contributed by atoms with Crippen LogP contribution < -0.4 is 15.5 Å². The van der Waals surface area contributed by atoms with E-state index in [-0.39, 0.29) is 6.04 Å². The molecule has 1 aliphatic heterocycles. The first-order chi connectivity index (χ1) is 14.5. The maximum atomic E-state index is 12.3. The van der Waals surface area contributed by atoms with Crippen molar-refractivity contribution in [1.82, 2.24) is 15.5 Å². The van der Waals surface area contributed by atoms with Crippen molar-refractivity contribution in [1.29, 1.82) is 0 Å². The van der Waals surface area contributed by atoms with Crippen LogP contribution in [0, 0.1) is 0 Å². The fraction of sp³-hybridized carbons (Fsp3) is 0.417. The van der Waals surface area contributed by atoms with Crippen molar-refractivity contribution in [3.05, 3.63) is 65.2 Å². The molecule has 1 atom stereocenters. The maximum Gasteiger partial charge on any atom is 0.309 e. The van der Waals surface area contributed by atoms with Gasteiger partial charge in [0.15, 0.2) is 0 Å². The smallest absolute Gasteiger partial charge is 0.309 e. The molecule has 0 bridgehead atoms. The van der Waals surface area contributed by atoms with Crippen LogP contribution in [0.4, 0.5) is 5.69 Å². The fourth-order valence-electron chi connectivity index (χ4n) is 3.93. The Balaban J connectivity index is 1.54. The molecule has 2 amide bonds. The molecule has 2 N–H and O–H groups in total. The van der Waals surface area contributed by atoms with Gasteiger partial charge in [0, 0.05) is 32.4 Å². The van der Waals surface area contributed by atoms with E-state index in [1.165, 1.54) is 11.3 Å². The standard InChI is InChI=1S/C24H32N4O2/c1-27(2)22(20-11-12-21-19(16-20)10-7-15-28(21)3)17-26-24(30)23(29)25-14-13-18-8-5-4-6-9-18/h4-6,8-9,11-12,16,22H,7,10,13-15,17H2,1-3H3,(H,25,29)(H,26,30)/t22-/m0/s1. The van der Waals surface area contributed by atoms with Crippen molar-refractivity contribution < 1.29 is 9.59 Å². The second kappa shape index (κ2) is 10.3. The zero-order chi connectivity index (χ0) is 21.5. The number of anilines is 1. The van der Waals surface area contributed by atoms with E-state index in [1.54, 1.807) is 0 Å². The summed E-state index contributed by atoms with van der Waals surface area (Å²) in [6.07, 6.45) is 2.92. The van der Waals surface area contributed by atoms with Gasteiger partial charge in [0.1, 0.15) is 0 Å². The Morgan fingerprint density at radius 3 is 2.53 bits per heavy atom. The van der Waals surface area contributed by atoms with E-state index in [2.05, 4.69) is 45.7 Å². The highest BCUT2D eigenvalue weighted by Gasteiger charge is 2.21. The molecular formula is C24H32N4O2. The first kappa shape index (κ1) is 21.8. The fourth-order valence-corrected chi connectivity index (χ4v) is 3.93. The summed E-state index contributed by atoms with van der Waals surface area (Å²) in [5, 5.41) is 5.50. The van der Waals surface area contributed by atoms with Crippen LogP contribution in [-0.2, 0) is 22.4 Å². The summed E-state index contributed by atoms with van der Waals surface area (Å²) < 4.78 is 0. The number of carbonyl (C=O) groups is 2. The summed E-state index contributed by atoms with van der Waals surface area (Å²) in [6, 6.07) is 16.4. The molecule has 2 aromatic carbocycles. The number of fused-ring (bicyclic) bond motifs is 1. The van der Waals surface area contributed by atoms with Gasteiger partial charge in [-0.3, -0.25) is 9.59 Å². The van der Waals surface area contributed by atoms with Gasteiger partial charge in [0.05, 0.1) is 6.04 Å². The van der Waals surface area contributed by atoms with Gasteiger partial charge in [0.25, 0.3) is 0 Å². The van der Waals surface area contributed by atoms with Crippen LogP contribution in [-0.4, -0.2) is 57.5 Å². The molecule has 3 rings (SSSR count). The van der Waals surface area contributed by atoms with Crippen LogP contribution in [0.3, 0.4) is 0 Å². The summed E-state index contributed by atoms with van der Waals surface area (Å²) in [6.45, 7) is 1.90. The first-order valence-electron chi connectivity index (χ1n) is 10.6. The lowest BCUT2D eigenvalue weighted by Gasteiger charge is -2.30. The number of nitrogens with one attached hydrogen (secondary N) is 2. The molecule has 0 saturated heterocycles. The van der Waals surface area contributed by atoms with E-state index < -0.39 is 11.8 Å². The Hall–Kier alpha value is -2.86. The zero-order valence-electron chi connectivity index (χ0n) is 18.1. The molecule has 30 heavy (non-hydrogen) atoms. The summed E-state index contributed by atoms with van der Waals surface area (Å²) >= 11 is 0. The largest absolute Gasteiger partial charge is 0.374 e. The van der Waals surface area contributed by atoms with Crippen molar-refractivity contribution >= 4 is 17.5 Å². The predicted octanol–water partition coefficient (Wildman–Crippen LogP) is 2.15. The minimum Gasteiger partial charge on any atom is -0.374 e. The second-order valence-electron chi connectivity index (χ2n) is 8.09. The third kappa shape index (κ3) is 5.60. The van der Waals surface area contributed by atoms with Gasteiger partial charge < -0.3 is 20.4 Å². The van der Waals surface area contributed by atoms with Gasteiger partial charge in [-0.05, 0) is 56.1 Å². The Bertz CT molecular complexity index is 867. The molecular weight excluding hydrogens is 376 g/mol. The number of nitrogens with zero attached hydrogens (tertiary/aromatic N) is 2. The number of hydrogen-bond acceptors (Lipinski definition) is 4. The Labute approximate surface area is 179 Å². The lowest BCUT2D eigenvalue weighted by molar-refractivity contribution is -0.139. The van der Waals surface area contributed by atoms with E-state index in [9.17, 15) is 9.59 Å². The number of aryl methyl sites for hydroxylation is 1. The predicted molar refractivity (Wildman–Crippen MR) is 121 cm³/mol. The molecule has 0 aromatic heterocycles. The number of benzene rings is 2. The molecule has 1 heterocycles. The van der Waals surface area contributed by atoms with E-state index in [0.717, 1.165) is 30.5 Å². The normalized spacial score (nSPS) is 14.2. The van der Waals surface area contributed by atoms with Crippen LogP contribution >= 0.6 is 0 Å². The Kier molecular flexibility index (Phi) is 7.46. The van der Waals surface area contributed by atoms with Crippen molar-refractivity contribution in [3.8, 4) is 0 Å². The van der Waals surface area contributed by atoms with Crippen molar-refractivity contribution in [3.63, 3.8) is 0 Å². The van der Waals surface area contributed by atoms with Crippen molar-refractivity contribution in [2.75, 3.05) is 45.7 Å². The molecule has 6 heteroatoms. The molecule has 0 saturated carbocycles. The van der Waals surface area contributed by atoms with E-state index in [0.29, 0.717) is 19.5 Å². The summed E-state index contributed by atoms with van der Waals surface area (Å²) in [5.41, 5.74) is 4.91. The van der Waals surface area contributed by atoms with Gasteiger partial charge in [-0.1, -0.05) is 42.5 Å². The maximum absolute atomic E-state index is 12.3. The van der Waals surface area contributed by atoms with E-state index in [1.807, 2.05) is 44.4 Å². The monoisotopic (exact) mass is 408 g/mol. The lowest BCUT2D eigenvalue weighted by atomic mass is 9.96. The Morgan fingerprint density at radius 1 is 1.07 bits per heavy atom. The minimum absolute atomic E-state index is 0.00333. The zero-order valence-corrected chi connectivity index (χ0v) is 18.1. The molecule has 1 aliphatic rings. The molecule has 160 valence electrons. The highest BCUT2D eigenvalue weighted by atomic mass is 16.2. The number of likely N-dealkylation sites (N-methyl/N-ethyl adjacent to an activating group) is 1. The highest BCUT2D eigenvalue weighted by molar-refractivity contribution is 6.35. The lowest BCUT2D eigenvalue weighted by Crippen LogP contribution is -2.43. The van der Waals surface area contributed by atoms with Crippen LogP contribution in [0.2, 0.25) is 0 Å². The number of amides is 2. The highest BCUT2D eigenvalue weighted by Crippen LogP contribution is 2.29. The third-order valence-electron chi connectivity index (χ3n) is 5.67. The SMILES string of the molecule is CN1CCCc2cc([C@H](CNC(=O)C(=O)NCCc3ccccc3)N(C)C)ccc21. The number of hydrogen-bond donors (Lipinski definition) is 2. The second-order valence-corrected chi connectivity index (χ2v) is 8.09. The van der Waals surface area contributed by atoms with Gasteiger partial charge >= 0.3 is 11.8 Å². The van der Waals surface area contributed by atoms with Gasteiger partial charge in [-0.2, -0.15) is 0 Å². The van der Waals surface area contributed by atoms with Crippen molar-refractivity contribution in [2.24, 2.45) is 0 Å². The average Bonchev–Trinajstić information content (AvgIpc) is 2.74. The summed E-state index contributed by atoms with van der Waals surface area (Å²) in [5.74, 6) is -1.18. The minimum atomic E-state index is -0.590. The van der Waals surface area contributed by atoms with E-state index in [4.69, 9.17) is 0 Å². The van der Waals surface area contributed by atoms with Crippen LogP contribution in [0.25, 0.3) is 0 Å². The van der Waals surface area contributed by atoms with Crippen LogP contribution in [0.15, 0.2) is 48.5 Å². The summed E-state index contributed by atoms with van der Waals surface area (Å²) in [7, 11) is 6.10. The van der Waals surface area contributed by atoms with E-state index >= 15 is 0 Å². The first-order valence-corrected chi connectivity index (χ1v) is 10.6. The molecule has 0 radical (unpaired) electrons.